The van der Waals surface area contributed by atoms with Crippen LogP contribution in [0.2, 0.25) is 0 Å². The van der Waals surface area contributed by atoms with Crippen molar-refractivity contribution in [1.29, 1.82) is 0 Å². The summed E-state index contributed by atoms with van der Waals surface area (Å²) in [5, 5.41) is 58.3. The molecule has 1 aromatic carbocycles. The lowest BCUT2D eigenvalue weighted by atomic mass is 9.77. The highest BCUT2D eigenvalue weighted by Gasteiger charge is 2.53. The number of aliphatic hydroxyl groups excluding tert-OH is 2. The third-order valence-corrected chi connectivity index (χ3v) is 17.1. The summed E-state index contributed by atoms with van der Waals surface area (Å²) >= 11 is 0. The molecule has 0 saturated carbocycles. The minimum atomic E-state index is -1.84. The van der Waals surface area contributed by atoms with Crippen molar-refractivity contribution in [3.8, 4) is 0 Å². The molecular formula is C57H93N3O17. The van der Waals surface area contributed by atoms with Gasteiger partial charge >= 0.3 is 11.9 Å². The average Bonchev–Trinajstić information content (AvgIpc) is 3.35. The number of carbonyl (C=O) groups excluding carboxylic acids is 1. The van der Waals surface area contributed by atoms with Gasteiger partial charge in [0.1, 0.15) is 41.3 Å². The molecular weight excluding hydrogens is 999 g/mol. The van der Waals surface area contributed by atoms with Gasteiger partial charge in [0, 0.05) is 61.8 Å². The molecule has 2 aromatic rings. The number of nitrogens with zero attached hydrogens (tertiary/aromatic N) is 3. The molecule has 20 heteroatoms. The van der Waals surface area contributed by atoms with Crippen molar-refractivity contribution in [2.24, 2.45) is 17.8 Å². The van der Waals surface area contributed by atoms with Gasteiger partial charge in [0.15, 0.2) is 12.6 Å². The van der Waals surface area contributed by atoms with E-state index < -0.39 is 113 Å². The number of aromatic nitrogens is 1. The van der Waals surface area contributed by atoms with Gasteiger partial charge in [0.05, 0.1) is 66.9 Å². The van der Waals surface area contributed by atoms with Crippen LogP contribution in [0.15, 0.2) is 23.1 Å². The van der Waals surface area contributed by atoms with Gasteiger partial charge in [0.2, 0.25) is 5.43 Å². The lowest BCUT2D eigenvalue weighted by Gasteiger charge is -2.49. The lowest BCUT2D eigenvalue weighted by Crippen LogP contribution is -2.61. The molecule has 0 bridgehead atoms. The highest BCUT2D eigenvalue weighted by molar-refractivity contribution is 5.94. The summed E-state index contributed by atoms with van der Waals surface area (Å²) in [5.74, 6) is -4.04. The fourth-order valence-corrected chi connectivity index (χ4v) is 12.5. The molecule has 0 amide bonds. The van der Waals surface area contributed by atoms with E-state index in [4.69, 9.17) is 42.6 Å². The number of carbonyl (C=O) groups is 2. The number of pyridine rings is 1. The van der Waals surface area contributed by atoms with Crippen LogP contribution in [0.3, 0.4) is 0 Å². The summed E-state index contributed by atoms with van der Waals surface area (Å²) in [4.78, 5) is 43.8. The Hall–Kier alpha value is -3.19. The number of ether oxygens (including phenoxy) is 9. The molecule has 0 spiro atoms. The second kappa shape index (κ2) is 25.3. The van der Waals surface area contributed by atoms with Crippen LogP contribution in [0, 0.1) is 17.8 Å². The number of carboxylic acids is 1. The van der Waals surface area contributed by atoms with Crippen molar-refractivity contribution < 1.29 is 77.8 Å². The Bertz CT molecular complexity index is 2380. The van der Waals surface area contributed by atoms with Crippen LogP contribution < -0.4 is 5.43 Å². The van der Waals surface area contributed by atoms with Crippen molar-refractivity contribution >= 4 is 22.8 Å². The molecule has 77 heavy (non-hydrogen) atoms. The van der Waals surface area contributed by atoms with E-state index in [0.717, 1.165) is 11.1 Å². The number of esters is 1. The molecule has 3 saturated heterocycles. The van der Waals surface area contributed by atoms with E-state index in [1.54, 1.807) is 45.4 Å². The number of likely N-dealkylation sites (N-methyl/N-ethyl adjacent to an activating group) is 2. The van der Waals surface area contributed by atoms with Crippen molar-refractivity contribution in [3.63, 3.8) is 0 Å². The number of hydrogen-bond acceptors (Lipinski definition) is 18. The maximum atomic E-state index is 14.6. The molecule has 5 heterocycles. The first kappa shape index (κ1) is 63.0. The molecule has 3 fully saturated rings. The van der Waals surface area contributed by atoms with Crippen LogP contribution in [-0.2, 0) is 66.2 Å². The van der Waals surface area contributed by atoms with E-state index in [1.807, 2.05) is 85.5 Å². The Balaban J connectivity index is 1.19. The van der Waals surface area contributed by atoms with Crippen LogP contribution in [0.1, 0.15) is 137 Å². The molecule has 5 N–H and O–H groups in total. The lowest BCUT2D eigenvalue weighted by molar-refractivity contribution is -0.321. The molecule has 6 rings (SSSR count). The van der Waals surface area contributed by atoms with Gasteiger partial charge in [-0.25, -0.2) is 4.79 Å². The van der Waals surface area contributed by atoms with Gasteiger partial charge < -0.3 is 82.5 Å². The minimum Gasteiger partial charge on any atom is -0.477 e. The van der Waals surface area contributed by atoms with E-state index in [0.29, 0.717) is 43.3 Å². The molecule has 18 atom stereocenters. The molecule has 438 valence electrons. The number of rotatable bonds is 16. The largest absolute Gasteiger partial charge is 0.477 e. The van der Waals surface area contributed by atoms with Crippen LogP contribution in [0.25, 0.3) is 10.9 Å². The Kier molecular flexibility index (Phi) is 20.7. The first-order chi connectivity index (χ1) is 35.9. The highest BCUT2D eigenvalue weighted by Crippen LogP contribution is 2.41. The van der Waals surface area contributed by atoms with Crippen LogP contribution in [0.5, 0.6) is 0 Å². The molecule has 1 aromatic heterocycles. The van der Waals surface area contributed by atoms with Gasteiger partial charge in [0.25, 0.3) is 0 Å². The van der Waals surface area contributed by atoms with Gasteiger partial charge in [-0.05, 0) is 133 Å². The summed E-state index contributed by atoms with van der Waals surface area (Å²) in [6.45, 7) is 23.1. The average molecular weight is 1090 g/mol. The SMILES string of the molecule is CC[C@H]1OC(=O)[C@H](C)[C@@H](O[C@H]2C[C@@](C)(OC)[C@@H](OCCOCCCc3cc4c5c(c3)c(=O)c(C(=O)O)cn5C(C)(C)OC4)[C@H](C)O2)[C@H](C)[C@@H](O[C@@H]2O[C@H](C)C[C@H](N(C)C)[C@H]2O)[C@](C)(O)C[C@@H](C)CN(C)[C@H](C)C(O)[C@]1(C)O. The Morgan fingerprint density at radius 3 is 2.25 bits per heavy atom. The fraction of sp³-hybridized carbons (Fsp3) is 0.807. The van der Waals surface area contributed by atoms with Gasteiger partial charge in [-0.1, -0.05) is 26.8 Å². The predicted molar refractivity (Wildman–Crippen MR) is 286 cm³/mol. The van der Waals surface area contributed by atoms with Gasteiger partial charge in [-0.2, -0.15) is 0 Å². The van der Waals surface area contributed by atoms with Crippen molar-refractivity contribution in [2.75, 3.05) is 54.6 Å². The molecule has 20 nitrogen and oxygen atoms in total. The smallest absolute Gasteiger partial charge is 0.341 e. The van der Waals surface area contributed by atoms with Gasteiger partial charge in [-0.15, -0.1) is 0 Å². The monoisotopic (exact) mass is 1090 g/mol. The summed E-state index contributed by atoms with van der Waals surface area (Å²) < 4.78 is 59.3. The second-order valence-corrected chi connectivity index (χ2v) is 24.2. The molecule has 0 aliphatic carbocycles. The normalized spacial score (nSPS) is 38.8. The predicted octanol–water partition coefficient (Wildman–Crippen LogP) is 4.81. The van der Waals surface area contributed by atoms with Crippen molar-refractivity contribution in [2.45, 2.75) is 224 Å². The Morgan fingerprint density at radius 2 is 1.61 bits per heavy atom. The summed E-state index contributed by atoms with van der Waals surface area (Å²) in [6.07, 6.45) is -5.60. The third-order valence-electron chi connectivity index (χ3n) is 17.1. The number of aliphatic hydroxyl groups is 4. The number of benzene rings is 1. The van der Waals surface area contributed by atoms with Crippen molar-refractivity contribution in [1.82, 2.24) is 14.4 Å². The summed E-state index contributed by atoms with van der Waals surface area (Å²) in [5.41, 5.74) is -3.73. The third kappa shape index (κ3) is 13.9. The van der Waals surface area contributed by atoms with E-state index in [1.165, 1.54) is 13.1 Å². The first-order valence-corrected chi connectivity index (χ1v) is 27.7. The van der Waals surface area contributed by atoms with E-state index in [2.05, 4.69) is 0 Å². The number of hydrogen-bond donors (Lipinski definition) is 5. The van der Waals surface area contributed by atoms with Crippen LogP contribution in [0.4, 0.5) is 0 Å². The molecule has 4 aliphatic heterocycles. The zero-order valence-corrected chi connectivity index (χ0v) is 48.6. The standard InChI is InChI=1S/C57H93N3O17/c1-17-42-57(12,68)48(63)35(6)59(15)28-31(2)26-55(10,67)49(77-53-46(62)41(58(13)14)23-32(3)73-53)33(4)47(34(5)52(66)75-42)76-43-27-56(11,69-16)50(36(7)74-43)71-22-21-70-20-18-19-37-24-38-30-72-54(8,9)60-29-40(51(64)65)45(61)39(25-37)44(38)60/h24-25,29,31-36,41-43,46-50,53,62-63,67-68H,17-23,26-28,30H2,1-16H3,(H,64,65)/t31-,32-,33+,34-,35-,36+,41+,42-,43+,46-,47+,48?,49-,50+,53+,55-,56-,57-/m1/s1. The van der Waals surface area contributed by atoms with E-state index in [9.17, 15) is 39.9 Å². The second-order valence-electron chi connectivity index (χ2n) is 24.2. The number of aromatic carboxylic acids is 1. The minimum absolute atomic E-state index is 0.161. The van der Waals surface area contributed by atoms with Crippen LogP contribution in [-0.4, -0.2) is 197 Å². The maximum Gasteiger partial charge on any atom is 0.341 e. The number of methoxy groups -OCH3 is 1. The number of carboxylic acid groups (broad SMARTS) is 1. The zero-order chi connectivity index (χ0) is 57.3. The summed E-state index contributed by atoms with van der Waals surface area (Å²) in [6, 6.07) is 2.89. The number of aryl methyl sites for hydroxylation is 1. The van der Waals surface area contributed by atoms with E-state index in [-0.39, 0.29) is 62.7 Å². The van der Waals surface area contributed by atoms with Crippen LogP contribution >= 0.6 is 0 Å². The molecule has 0 radical (unpaired) electrons. The maximum absolute atomic E-state index is 14.6. The Morgan fingerprint density at radius 1 is 0.922 bits per heavy atom. The number of cyclic esters (lactones) is 1. The fourth-order valence-electron chi connectivity index (χ4n) is 12.5. The first-order valence-electron chi connectivity index (χ1n) is 27.7. The quantitative estimate of drug-likeness (QED) is 0.112. The Labute approximate surface area is 455 Å². The molecule has 4 aliphatic rings. The van der Waals surface area contributed by atoms with Gasteiger partial charge in [-0.3, -0.25) is 9.59 Å². The molecule has 1 unspecified atom stereocenters. The topological polar surface area (TPSA) is 247 Å². The van der Waals surface area contributed by atoms with Crippen molar-refractivity contribution in [3.05, 3.63) is 45.2 Å². The highest BCUT2D eigenvalue weighted by atomic mass is 16.7. The zero-order valence-electron chi connectivity index (χ0n) is 48.6. The van der Waals surface area contributed by atoms with E-state index >= 15 is 0 Å². The summed E-state index contributed by atoms with van der Waals surface area (Å²) in [7, 11) is 7.19.